The van der Waals surface area contributed by atoms with Gasteiger partial charge in [0.15, 0.2) is 0 Å². The molecule has 0 saturated carbocycles. The zero-order valence-corrected chi connectivity index (χ0v) is 16.5. The highest BCUT2D eigenvalue weighted by Gasteiger charge is 2.24. The molecule has 0 aromatic carbocycles. The molecule has 25 heavy (non-hydrogen) atoms. The smallest absolute Gasteiger partial charge is 0.252 e. The minimum absolute atomic E-state index is 0.106. The van der Waals surface area contributed by atoms with Crippen molar-refractivity contribution in [1.82, 2.24) is 14.6 Å². The summed E-state index contributed by atoms with van der Waals surface area (Å²) in [6.07, 6.45) is 1.67. The number of amides is 1. The lowest BCUT2D eigenvalue weighted by atomic mass is 10.2. The number of nitrogens with zero attached hydrogens (tertiary/aromatic N) is 3. The van der Waals surface area contributed by atoms with Gasteiger partial charge in [-0.1, -0.05) is 17.7 Å². The van der Waals surface area contributed by atoms with E-state index in [9.17, 15) is 13.2 Å². The normalized spacial score (nSPS) is 11.6. The fourth-order valence-electron chi connectivity index (χ4n) is 2.10. The van der Waals surface area contributed by atoms with Gasteiger partial charge in [0.1, 0.15) is 10.0 Å². The summed E-state index contributed by atoms with van der Waals surface area (Å²) in [6, 6.07) is 6.58. The van der Waals surface area contributed by atoms with E-state index in [1.54, 1.807) is 12.3 Å². The Morgan fingerprint density at radius 3 is 2.60 bits per heavy atom. The fraction of sp³-hybridized carbons (Fsp3) is 0.333. The number of thiophene rings is 1. The monoisotopic (exact) mass is 402 g/mol. The molecular formula is C15H19ClN4O3S2. The Kier molecular flexibility index (Phi) is 6.39. The molecule has 2 aromatic heterocycles. The van der Waals surface area contributed by atoms with E-state index < -0.39 is 15.9 Å². The van der Waals surface area contributed by atoms with Crippen LogP contribution in [-0.4, -0.2) is 51.3 Å². The number of carbonyl (C=O) groups excluding carboxylic acids is 1. The van der Waals surface area contributed by atoms with E-state index in [0.717, 1.165) is 27.0 Å². The van der Waals surface area contributed by atoms with Gasteiger partial charge < -0.3 is 10.2 Å². The maximum Gasteiger partial charge on any atom is 0.252 e. The van der Waals surface area contributed by atoms with Crippen LogP contribution >= 0.6 is 22.9 Å². The van der Waals surface area contributed by atoms with Crippen molar-refractivity contribution in [3.63, 3.8) is 0 Å². The molecule has 0 fully saturated rings. The van der Waals surface area contributed by atoms with Crippen LogP contribution in [0.25, 0.3) is 0 Å². The molecular weight excluding hydrogens is 384 g/mol. The van der Waals surface area contributed by atoms with Crippen molar-refractivity contribution in [2.75, 3.05) is 32.6 Å². The van der Waals surface area contributed by atoms with Crippen LogP contribution in [0.2, 0.25) is 4.34 Å². The Bertz CT molecular complexity index is 852. The van der Waals surface area contributed by atoms with Gasteiger partial charge >= 0.3 is 0 Å². The van der Waals surface area contributed by atoms with Crippen LogP contribution in [0.4, 0.5) is 5.82 Å². The number of hydrogen-bond donors (Lipinski definition) is 1. The maximum absolute atomic E-state index is 12.4. The van der Waals surface area contributed by atoms with Crippen molar-refractivity contribution in [2.45, 2.75) is 10.8 Å². The first-order chi connectivity index (χ1) is 11.7. The number of rotatable bonds is 7. The number of pyridine rings is 1. The van der Waals surface area contributed by atoms with Crippen molar-refractivity contribution in [1.29, 1.82) is 0 Å². The Balaban J connectivity index is 1.99. The van der Waals surface area contributed by atoms with E-state index in [-0.39, 0.29) is 17.3 Å². The van der Waals surface area contributed by atoms with Gasteiger partial charge in [-0.3, -0.25) is 4.79 Å². The molecule has 0 atom stereocenters. The third kappa shape index (κ3) is 4.91. The first kappa shape index (κ1) is 19.6. The molecule has 0 aliphatic carbocycles. The Morgan fingerprint density at radius 1 is 1.28 bits per heavy atom. The number of halogens is 1. The summed E-state index contributed by atoms with van der Waals surface area (Å²) in [5.41, 5.74) is 0.844. The quantitative estimate of drug-likeness (QED) is 0.763. The lowest BCUT2D eigenvalue weighted by molar-refractivity contribution is -0.121. The van der Waals surface area contributed by atoms with Gasteiger partial charge in [-0.05, 0) is 18.2 Å². The summed E-state index contributed by atoms with van der Waals surface area (Å²) in [4.78, 5) is 18.2. The molecule has 1 N–H and O–H groups in total. The molecule has 136 valence electrons. The largest absolute Gasteiger partial charge is 0.362 e. The van der Waals surface area contributed by atoms with E-state index in [1.165, 1.54) is 19.2 Å². The molecule has 0 saturated heterocycles. The minimum Gasteiger partial charge on any atom is -0.362 e. The summed E-state index contributed by atoms with van der Waals surface area (Å²) in [5, 5.41) is 2.72. The molecule has 2 heterocycles. The van der Waals surface area contributed by atoms with Gasteiger partial charge in [0, 0.05) is 39.4 Å². The van der Waals surface area contributed by atoms with Crippen molar-refractivity contribution < 1.29 is 13.2 Å². The second-order valence-corrected chi connectivity index (χ2v) is 9.46. The second kappa shape index (κ2) is 8.13. The summed E-state index contributed by atoms with van der Waals surface area (Å²) in [6.45, 7) is -0.0195. The van der Waals surface area contributed by atoms with Gasteiger partial charge in [-0.2, -0.15) is 4.31 Å². The van der Waals surface area contributed by atoms with Crippen LogP contribution in [0.5, 0.6) is 0 Å². The average Bonchev–Trinajstić information content (AvgIpc) is 3.00. The highest BCUT2D eigenvalue weighted by Crippen LogP contribution is 2.27. The zero-order valence-electron chi connectivity index (χ0n) is 14.1. The lowest BCUT2D eigenvalue weighted by Crippen LogP contribution is -2.38. The first-order valence-corrected chi connectivity index (χ1v) is 9.95. The van der Waals surface area contributed by atoms with Crippen molar-refractivity contribution in [2.24, 2.45) is 0 Å². The van der Waals surface area contributed by atoms with Crippen LogP contribution in [0.1, 0.15) is 5.56 Å². The molecule has 1 amide bonds. The van der Waals surface area contributed by atoms with E-state index in [4.69, 9.17) is 11.6 Å². The van der Waals surface area contributed by atoms with Crippen molar-refractivity contribution in [3.8, 4) is 0 Å². The highest BCUT2D eigenvalue weighted by atomic mass is 35.5. The van der Waals surface area contributed by atoms with Crippen LogP contribution in [0, 0.1) is 0 Å². The Labute approximate surface area is 156 Å². The molecule has 0 bridgehead atoms. The molecule has 0 spiro atoms. The number of nitrogens with one attached hydrogen (secondary N) is 1. The number of hydrogen-bond acceptors (Lipinski definition) is 6. The predicted octanol–water partition coefficient (Wildman–Crippen LogP) is 1.80. The number of carbonyl (C=O) groups is 1. The van der Waals surface area contributed by atoms with Gasteiger partial charge in [-0.15, -0.1) is 11.3 Å². The molecule has 7 nitrogen and oxygen atoms in total. The third-order valence-corrected chi connectivity index (χ3v) is 6.85. The predicted molar refractivity (Wildman–Crippen MR) is 99.6 cm³/mol. The standard InChI is InChI=1S/C15H19ClN4O3S2/c1-19(2)15-11(5-4-8-17-15)9-18-13(21)10-20(3)25(22,23)14-7-6-12(16)24-14/h4-8H,9-10H2,1-3H3,(H,18,21). The van der Waals surface area contributed by atoms with E-state index in [0.29, 0.717) is 4.34 Å². The van der Waals surface area contributed by atoms with Crippen LogP contribution in [0.15, 0.2) is 34.7 Å². The molecule has 0 unspecified atom stereocenters. The Hall–Kier alpha value is -1.68. The second-order valence-electron chi connectivity index (χ2n) is 5.48. The van der Waals surface area contributed by atoms with Crippen molar-refractivity contribution >= 4 is 44.7 Å². The van der Waals surface area contributed by atoms with E-state index in [1.807, 2.05) is 25.1 Å². The Morgan fingerprint density at radius 2 is 2.00 bits per heavy atom. The average molecular weight is 403 g/mol. The van der Waals surface area contributed by atoms with Gasteiger partial charge in [0.05, 0.1) is 10.9 Å². The number of likely N-dealkylation sites (N-methyl/N-ethyl adjacent to an activating group) is 1. The number of aromatic nitrogens is 1. The minimum atomic E-state index is -3.73. The van der Waals surface area contributed by atoms with E-state index in [2.05, 4.69) is 10.3 Å². The van der Waals surface area contributed by atoms with Crippen LogP contribution < -0.4 is 10.2 Å². The van der Waals surface area contributed by atoms with Gasteiger partial charge in [0.2, 0.25) is 5.91 Å². The maximum atomic E-state index is 12.4. The topological polar surface area (TPSA) is 82.6 Å². The SMILES string of the molecule is CN(C)c1ncccc1CNC(=O)CN(C)S(=O)(=O)c1ccc(Cl)s1. The van der Waals surface area contributed by atoms with Gasteiger partial charge in [0.25, 0.3) is 10.0 Å². The molecule has 10 heteroatoms. The first-order valence-electron chi connectivity index (χ1n) is 7.31. The number of anilines is 1. The summed E-state index contributed by atoms with van der Waals surface area (Å²) in [7, 11) is 1.35. The zero-order chi connectivity index (χ0) is 18.6. The number of sulfonamides is 1. The summed E-state index contributed by atoms with van der Waals surface area (Å²) < 4.78 is 26.2. The fourth-order valence-corrected chi connectivity index (χ4v) is 4.92. The van der Waals surface area contributed by atoms with Crippen molar-refractivity contribution in [3.05, 3.63) is 40.4 Å². The van der Waals surface area contributed by atoms with E-state index >= 15 is 0 Å². The molecule has 0 aliphatic heterocycles. The summed E-state index contributed by atoms with van der Waals surface area (Å²) in [5.74, 6) is 0.347. The molecule has 2 rings (SSSR count). The summed E-state index contributed by atoms with van der Waals surface area (Å²) >= 11 is 6.74. The molecule has 0 aliphatic rings. The highest BCUT2D eigenvalue weighted by molar-refractivity contribution is 7.91. The van der Waals surface area contributed by atoms with Crippen LogP contribution in [0.3, 0.4) is 0 Å². The third-order valence-electron chi connectivity index (χ3n) is 3.35. The van der Waals surface area contributed by atoms with Gasteiger partial charge in [-0.25, -0.2) is 13.4 Å². The molecule has 0 radical (unpaired) electrons. The lowest BCUT2D eigenvalue weighted by Gasteiger charge is -2.18. The molecule has 2 aromatic rings. The van der Waals surface area contributed by atoms with Crippen LogP contribution in [-0.2, 0) is 21.4 Å².